The maximum atomic E-state index is 5.29. The lowest BCUT2D eigenvalue weighted by atomic mass is 10.1. The van der Waals surface area contributed by atoms with Gasteiger partial charge in [-0.15, -0.1) is 0 Å². The van der Waals surface area contributed by atoms with Gasteiger partial charge in [0.05, 0.1) is 6.04 Å². The van der Waals surface area contributed by atoms with Crippen LogP contribution in [0.1, 0.15) is 50.4 Å². The van der Waals surface area contributed by atoms with Gasteiger partial charge in [-0.25, -0.2) is 0 Å². The summed E-state index contributed by atoms with van der Waals surface area (Å²) in [6, 6.07) is 0.304. The quantitative estimate of drug-likeness (QED) is 0.774. The highest BCUT2D eigenvalue weighted by Crippen LogP contribution is 2.46. The molecule has 14 heavy (non-hydrogen) atoms. The molecular formula is C10H15N3O. The standard InChI is InChI=1S/C10H15N3O/c1-10(4-5-10)9-12-8(14-13-9)7-3-2-6-11-7/h7,11H,2-6H2,1H3. The molecule has 1 aromatic rings. The molecular weight excluding hydrogens is 178 g/mol. The van der Waals surface area contributed by atoms with Crippen molar-refractivity contribution in [3.8, 4) is 0 Å². The third-order valence-electron chi connectivity index (χ3n) is 3.34. The minimum Gasteiger partial charge on any atom is -0.338 e. The molecule has 0 bridgehead atoms. The van der Waals surface area contributed by atoms with E-state index in [2.05, 4.69) is 22.4 Å². The summed E-state index contributed by atoms with van der Waals surface area (Å²) in [5.74, 6) is 1.69. The molecule has 0 aromatic carbocycles. The Hall–Kier alpha value is -0.900. The zero-order chi connectivity index (χ0) is 9.60. The van der Waals surface area contributed by atoms with Gasteiger partial charge in [0.1, 0.15) is 0 Å². The second kappa shape index (κ2) is 2.79. The summed E-state index contributed by atoms with van der Waals surface area (Å²) in [5.41, 5.74) is 0.223. The van der Waals surface area contributed by atoms with Crippen molar-refractivity contribution in [1.82, 2.24) is 15.5 Å². The maximum absolute atomic E-state index is 5.29. The topological polar surface area (TPSA) is 51.0 Å². The summed E-state index contributed by atoms with van der Waals surface area (Å²) < 4.78 is 5.29. The van der Waals surface area contributed by atoms with Gasteiger partial charge in [0, 0.05) is 5.41 Å². The van der Waals surface area contributed by atoms with Crippen LogP contribution in [0.15, 0.2) is 4.52 Å². The summed E-state index contributed by atoms with van der Waals surface area (Å²) in [6.45, 7) is 3.27. The van der Waals surface area contributed by atoms with Gasteiger partial charge in [0.25, 0.3) is 0 Å². The lowest BCUT2D eigenvalue weighted by Crippen LogP contribution is -2.13. The van der Waals surface area contributed by atoms with Crippen LogP contribution in [0.5, 0.6) is 0 Å². The average Bonchev–Trinajstić information content (AvgIpc) is 2.73. The van der Waals surface area contributed by atoms with Gasteiger partial charge in [-0.3, -0.25) is 0 Å². The molecule has 2 fully saturated rings. The van der Waals surface area contributed by atoms with Crippen molar-refractivity contribution >= 4 is 0 Å². The highest BCUT2D eigenvalue weighted by Gasteiger charge is 2.44. The Morgan fingerprint density at radius 2 is 2.36 bits per heavy atom. The molecule has 1 atom stereocenters. The fraction of sp³-hybridized carbons (Fsp3) is 0.800. The number of hydrogen-bond acceptors (Lipinski definition) is 4. The largest absolute Gasteiger partial charge is 0.338 e. The van der Waals surface area contributed by atoms with Gasteiger partial charge in [-0.1, -0.05) is 12.1 Å². The van der Waals surface area contributed by atoms with Crippen LogP contribution in [0.3, 0.4) is 0 Å². The van der Waals surface area contributed by atoms with Gasteiger partial charge in [0.15, 0.2) is 5.82 Å². The fourth-order valence-corrected chi connectivity index (χ4v) is 1.93. The second-order valence-electron chi connectivity index (χ2n) is 4.67. The first-order chi connectivity index (χ1) is 6.78. The minimum absolute atomic E-state index is 0.223. The molecule has 1 saturated carbocycles. The van der Waals surface area contributed by atoms with E-state index < -0.39 is 0 Å². The molecule has 76 valence electrons. The van der Waals surface area contributed by atoms with Crippen molar-refractivity contribution in [2.24, 2.45) is 0 Å². The Morgan fingerprint density at radius 3 is 3.00 bits per heavy atom. The average molecular weight is 193 g/mol. The monoisotopic (exact) mass is 193 g/mol. The Balaban J connectivity index is 1.82. The van der Waals surface area contributed by atoms with Gasteiger partial charge in [-0.05, 0) is 32.2 Å². The molecule has 0 spiro atoms. The molecule has 0 radical (unpaired) electrons. The van der Waals surface area contributed by atoms with E-state index in [-0.39, 0.29) is 5.41 Å². The van der Waals surface area contributed by atoms with Crippen LogP contribution in [0.4, 0.5) is 0 Å². The van der Waals surface area contributed by atoms with Crippen molar-refractivity contribution in [2.75, 3.05) is 6.54 Å². The van der Waals surface area contributed by atoms with Crippen molar-refractivity contribution in [1.29, 1.82) is 0 Å². The van der Waals surface area contributed by atoms with E-state index in [4.69, 9.17) is 4.52 Å². The summed E-state index contributed by atoms with van der Waals surface area (Å²) in [4.78, 5) is 4.49. The molecule has 0 amide bonds. The molecule has 2 heterocycles. The Morgan fingerprint density at radius 1 is 1.50 bits per heavy atom. The summed E-state index contributed by atoms with van der Waals surface area (Å²) in [5, 5.41) is 7.43. The normalized spacial score (nSPS) is 29.4. The molecule has 3 rings (SSSR count). The first-order valence-corrected chi connectivity index (χ1v) is 5.35. The Kier molecular flexibility index (Phi) is 1.68. The van der Waals surface area contributed by atoms with E-state index >= 15 is 0 Å². The van der Waals surface area contributed by atoms with Crippen LogP contribution in [-0.4, -0.2) is 16.7 Å². The SMILES string of the molecule is CC1(c2noc(C3CCCN3)n2)CC1. The molecule has 1 N–H and O–H groups in total. The van der Waals surface area contributed by atoms with E-state index in [0.717, 1.165) is 24.7 Å². The maximum Gasteiger partial charge on any atom is 0.243 e. The molecule has 2 aliphatic rings. The van der Waals surface area contributed by atoms with Crippen LogP contribution in [0, 0.1) is 0 Å². The number of rotatable bonds is 2. The van der Waals surface area contributed by atoms with E-state index in [1.54, 1.807) is 0 Å². The van der Waals surface area contributed by atoms with Gasteiger partial charge < -0.3 is 9.84 Å². The van der Waals surface area contributed by atoms with Gasteiger partial charge in [-0.2, -0.15) is 4.98 Å². The first kappa shape index (κ1) is 8.41. The van der Waals surface area contributed by atoms with E-state index in [0.29, 0.717) is 6.04 Å². The third-order valence-corrected chi connectivity index (χ3v) is 3.34. The molecule has 1 aliphatic carbocycles. The predicted octanol–water partition coefficient (Wildman–Crippen LogP) is 1.55. The second-order valence-corrected chi connectivity index (χ2v) is 4.67. The summed E-state index contributed by atoms with van der Waals surface area (Å²) >= 11 is 0. The molecule has 4 heteroatoms. The van der Waals surface area contributed by atoms with E-state index in [9.17, 15) is 0 Å². The Bertz CT molecular complexity index is 337. The van der Waals surface area contributed by atoms with Crippen molar-refractivity contribution < 1.29 is 4.52 Å². The smallest absolute Gasteiger partial charge is 0.243 e. The van der Waals surface area contributed by atoms with E-state index in [1.807, 2.05) is 0 Å². The van der Waals surface area contributed by atoms with Crippen LogP contribution in [-0.2, 0) is 5.41 Å². The van der Waals surface area contributed by atoms with Crippen molar-refractivity contribution in [2.45, 2.75) is 44.1 Å². The lowest BCUT2D eigenvalue weighted by molar-refractivity contribution is 0.339. The lowest BCUT2D eigenvalue weighted by Gasteiger charge is -2.02. The zero-order valence-corrected chi connectivity index (χ0v) is 8.42. The highest BCUT2D eigenvalue weighted by molar-refractivity contribution is 5.15. The van der Waals surface area contributed by atoms with Crippen molar-refractivity contribution in [3.05, 3.63) is 11.7 Å². The Labute approximate surface area is 83.1 Å². The molecule has 1 aromatic heterocycles. The molecule has 1 unspecified atom stereocenters. The number of nitrogens with zero attached hydrogens (tertiary/aromatic N) is 2. The summed E-state index contributed by atoms with van der Waals surface area (Å²) in [7, 11) is 0. The third kappa shape index (κ3) is 1.25. The van der Waals surface area contributed by atoms with E-state index in [1.165, 1.54) is 19.3 Å². The van der Waals surface area contributed by atoms with Crippen LogP contribution in [0.2, 0.25) is 0 Å². The van der Waals surface area contributed by atoms with Crippen LogP contribution >= 0.6 is 0 Å². The van der Waals surface area contributed by atoms with Crippen molar-refractivity contribution in [3.63, 3.8) is 0 Å². The van der Waals surface area contributed by atoms with Gasteiger partial charge >= 0.3 is 0 Å². The number of nitrogens with one attached hydrogen (secondary N) is 1. The van der Waals surface area contributed by atoms with Crippen LogP contribution < -0.4 is 5.32 Å². The molecule has 1 aliphatic heterocycles. The van der Waals surface area contributed by atoms with Crippen LogP contribution in [0.25, 0.3) is 0 Å². The predicted molar refractivity (Wildman–Crippen MR) is 50.9 cm³/mol. The zero-order valence-electron chi connectivity index (χ0n) is 8.42. The molecule has 4 nitrogen and oxygen atoms in total. The van der Waals surface area contributed by atoms with Gasteiger partial charge in [0.2, 0.25) is 5.89 Å². The fourth-order valence-electron chi connectivity index (χ4n) is 1.93. The first-order valence-electron chi connectivity index (χ1n) is 5.35. The minimum atomic E-state index is 0.223. The molecule has 1 saturated heterocycles. The number of aromatic nitrogens is 2. The number of hydrogen-bond donors (Lipinski definition) is 1. The summed E-state index contributed by atoms with van der Waals surface area (Å²) in [6.07, 6.45) is 4.73. The highest BCUT2D eigenvalue weighted by atomic mass is 16.5.